The van der Waals surface area contributed by atoms with E-state index in [-0.39, 0.29) is 41.8 Å². The van der Waals surface area contributed by atoms with E-state index in [4.69, 9.17) is 11.6 Å². The maximum absolute atomic E-state index is 14.0. The fourth-order valence-corrected chi connectivity index (χ4v) is 3.76. The summed E-state index contributed by atoms with van der Waals surface area (Å²) in [6.07, 6.45) is 0.851. The average molecular weight is 495 g/mol. The van der Waals surface area contributed by atoms with Gasteiger partial charge in [-0.05, 0) is 25.5 Å². The number of guanidine groups is 1. The Balaban J connectivity index is 0.00000225. The maximum Gasteiger partial charge on any atom is 0.193 e. The molecule has 1 N–H and O–H groups in total. The number of hydrogen-bond acceptors (Lipinski definition) is 3. The number of nitrogens with one attached hydrogen (secondary N) is 1. The molecule has 1 heterocycles. The molecule has 0 bridgehead atoms. The lowest BCUT2D eigenvalue weighted by molar-refractivity contribution is 0.469. The first kappa shape index (κ1) is 20.4. The molecule has 4 nitrogen and oxygen atoms in total. The fraction of sp³-hybridized carbons (Fsp3) is 0.412. The SMILES string of the molecule is CN=C(NC1CC1c1c(F)cccc1Cl)N(C)Cc1csc(C)n1.I. The molecule has 25 heavy (non-hydrogen) atoms. The van der Waals surface area contributed by atoms with Gasteiger partial charge in [0.05, 0.1) is 17.2 Å². The van der Waals surface area contributed by atoms with Gasteiger partial charge in [-0.3, -0.25) is 4.99 Å². The first-order valence-corrected chi connectivity index (χ1v) is 9.04. The van der Waals surface area contributed by atoms with Crippen LogP contribution in [-0.2, 0) is 6.54 Å². The van der Waals surface area contributed by atoms with Gasteiger partial charge in [-0.25, -0.2) is 9.37 Å². The van der Waals surface area contributed by atoms with Crippen LogP contribution in [0.2, 0.25) is 5.02 Å². The minimum Gasteiger partial charge on any atom is -0.353 e. The summed E-state index contributed by atoms with van der Waals surface area (Å²) in [4.78, 5) is 10.8. The number of aryl methyl sites for hydroxylation is 1. The summed E-state index contributed by atoms with van der Waals surface area (Å²) in [6, 6.07) is 4.98. The molecule has 0 saturated heterocycles. The summed E-state index contributed by atoms with van der Waals surface area (Å²) in [5.74, 6) is 0.629. The van der Waals surface area contributed by atoms with Crippen LogP contribution in [0.4, 0.5) is 4.39 Å². The predicted octanol–water partition coefficient (Wildman–Crippen LogP) is 4.43. The summed E-state index contributed by atoms with van der Waals surface area (Å²) in [7, 11) is 3.72. The molecule has 0 spiro atoms. The number of aliphatic imine (C=N–C) groups is 1. The molecule has 0 radical (unpaired) electrons. The zero-order valence-electron chi connectivity index (χ0n) is 14.3. The molecule has 136 valence electrons. The molecule has 1 aromatic heterocycles. The largest absolute Gasteiger partial charge is 0.353 e. The third-order valence-electron chi connectivity index (χ3n) is 4.11. The molecule has 1 aliphatic carbocycles. The van der Waals surface area contributed by atoms with Crippen molar-refractivity contribution in [2.75, 3.05) is 14.1 Å². The van der Waals surface area contributed by atoms with Crippen molar-refractivity contribution in [1.82, 2.24) is 15.2 Å². The second kappa shape index (κ2) is 8.64. The lowest BCUT2D eigenvalue weighted by atomic mass is 10.1. The highest BCUT2D eigenvalue weighted by Gasteiger charge is 2.42. The van der Waals surface area contributed by atoms with Crippen LogP contribution in [0.5, 0.6) is 0 Å². The van der Waals surface area contributed by atoms with Crippen LogP contribution in [0.1, 0.15) is 28.6 Å². The van der Waals surface area contributed by atoms with Gasteiger partial charge >= 0.3 is 0 Å². The molecule has 1 aromatic carbocycles. The van der Waals surface area contributed by atoms with E-state index in [0.717, 1.165) is 23.1 Å². The Morgan fingerprint density at radius 2 is 2.28 bits per heavy atom. The van der Waals surface area contributed by atoms with E-state index in [0.29, 0.717) is 17.1 Å². The van der Waals surface area contributed by atoms with Crippen molar-refractivity contribution in [1.29, 1.82) is 0 Å². The van der Waals surface area contributed by atoms with Crippen LogP contribution in [0.25, 0.3) is 0 Å². The third-order valence-corrected chi connectivity index (χ3v) is 5.27. The van der Waals surface area contributed by atoms with Crippen LogP contribution in [0.3, 0.4) is 0 Å². The smallest absolute Gasteiger partial charge is 0.193 e. The molecule has 1 fully saturated rings. The van der Waals surface area contributed by atoms with Gasteiger partial charge < -0.3 is 10.2 Å². The normalized spacial score (nSPS) is 19.3. The van der Waals surface area contributed by atoms with Crippen molar-refractivity contribution < 1.29 is 4.39 Å². The molecule has 1 saturated carbocycles. The molecular formula is C17H21ClFIN4S. The number of rotatable bonds is 4. The number of benzene rings is 1. The van der Waals surface area contributed by atoms with Crippen molar-refractivity contribution in [3.63, 3.8) is 0 Å². The third kappa shape index (κ3) is 4.83. The molecule has 2 unspecified atom stereocenters. The lowest BCUT2D eigenvalue weighted by Gasteiger charge is -2.21. The minimum absolute atomic E-state index is 0. The van der Waals surface area contributed by atoms with Gasteiger partial charge in [-0.2, -0.15) is 0 Å². The summed E-state index contributed by atoms with van der Waals surface area (Å²) in [5.41, 5.74) is 1.62. The highest BCUT2D eigenvalue weighted by Crippen LogP contribution is 2.44. The average Bonchev–Trinajstić information content (AvgIpc) is 3.16. The Labute approximate surface area is 173 Å². The van der Waals surface area contributed by atoms with Crippen LogP contribution in [0, 0.1) is 12.7 Å². The Morgan fingerprint density at radius 3 is 2.88 bits per heavy atom. The molecule has 2 atom stereocenters. The van der Waals surface area contributed by atoms with Crippen molar-refractivity contribution in [2.45, 2.75) is 31.8 Å². The van der Waals surface area contributed by atoms with Crippen LogP contribution in [-0.4, -0.2) is 36.0 Å². The number of halogens is 3. The van der Waals surface area contributed by atoms with Crippen molar-refractivity contribution in [3.8, 4) is 0 Å². The summed E-state index contributed by atoms with van der Waals surface area (Å²) in [5, 5.41) is 7.00. The van der Waals surface area contributed by atoms with E-state index in [9.17, 15) is 4.39 Å². The van der Waals surface area contributed by atoms with E-state index < -0.39 is 0 Å². The predicted molar refractivity (Wildman–Crippen MR) is 113 cm³/mol. The Bertz CT molecular complexity index is 747. The first-order chi connectivity index (χ1) is 11.5. The number of hydrogen-bond donors (Lipinski definition) is 1. The van der Waals surface area contributed by atoms with Crippen molar-refractivity contribution >= 4 is 52.9 Å². The lowest BCUT2D eigenvalue weighted by Crippen LogP contribution is -2.40. The second-order valence-corrected chi connectivity index (χ2v) is 7.46. The Hall–Kier alpha value is -0.930. The molecule has 8 heteroatoms. The van der Waals surface area contributed by atoms with Crippen molar-refractivity contribution in [3.05, 3.63) is 50.7 Å². The minimum atomic E-state index is -0.238. The summed E-state index contributed by atoms with van der Waals surface area (Å²) < 4.78 is 14.0. The van der Waals surface area contributed by atoms with Gasteiger partial charge in [0, 0.05) is 42.0 Å². The van der Waals surface area contributed by atoms with Crippen LogP contribution in [0.15, 0.2) is 28.6 Å². The van der Waals surface area contributed by atoms with E-state index in [1.807, 2.05) is 18.9 Å². The zero-order valence-corrected chi connectivity index (χ0v) is 18.2. The zero-order chi connectivity index (χ0) is 17.3. The quantitative estimate of drug-likeness (QED) is 0.388. The van der Waals surface area contributed by atoms with E-state index >= 15 is 0 Å². The monoisotopic (exact) mass is 494 g/mol. The van der Waals surface area contributed by atoms with E-state index in [1.54, 1.807) is 30.5 Å². The molecule has 1 aliphatic rings. The molecular weight excluding hydrogens is 474 g/mol. The van der Waals surface area contributed by atoms with Crippen LogP contribution < -0.4 is 5.32 Å². The molecule has 2 aromatic rings. The second-order valence-electron chi connectivity index (χ2n) is 5.99. The van der Waals surface area contributed by atoms with Gasteiger partial charge in [-0.1, -0.05) is 17.7 Å². The van der Waals surface area contributed by atoms with Crippen molar-refractivity contribution in [2.24, 2.45) is 4.99 Å². The van der Waals surface area contributed by atoms with Gasteiger partial charge in [0.25, 0.3) is 0 Å². The van der Waals surface area contributed by atoms with E-state index in [2.05, 4.69) is 20.7 Å². The molecule has 3 rings (SSSR count). The summed E-state index contributed by atoms with van der Waals surface area (Å²) in [6.45, 7) is 2.68. The van der Waals surface area contributed by atoms with Gasteiger partial charge in [0.1, 0.15) is 5.82 Å². The van der Waals surface area contributed by atoms with E-state index in [1.165, 1.54) is 6.07 Å². The topological polar surface area (TPSA) is 40.5 Å². The first-order valence-electron chi connectivity index (χ1n) is 7.79. The van der Waals surface area contributed by atoms with Gasteiger partial charge in [-0.15, -0.1) is 35.3 Å². The van der Waals surface area contributed by atoms with Crippen LogP contribution >= 0.6 is 46.9 Å². The summed E-state index contributed by atoms with van der Waals surface area (Å²) >= 11 is 7.80. The number of aromatic nitrogens is 1. The standard InChI is InChI=1S/C17H20ClFN4S.HI/c1-10-21-11(9-24-10)8-23(3)17(20-2)22-15-7-12(15)16-13(18)5-4-6-14(16)19;/h4-6,9,12,15H,7-8H2,1-3H3,(H,20,22);1H. The fourth-order valence-electron chi connectivity index (χ4n) is 2.85. The molecule has 0 amide bonds. The van der Waals surface area contributed by atoms with Gasteiger partial charge in [0.2, 0.25) is 0 Å². The van der Waals surface area contributed by atoms with Gasteiger partial charge in [0.15, 0.2) is 5.96 Å². The maximum atomic E-state index is 14.0. The highest BCUT2D eigenvalue weighted by molar-refractivity contribution is 14.0. The number of thiazole rings is 1. The number of nitrogens with zero attached hydrogens (tertiary/aromatic N) is 3. The Morgan fingerprint density at radius 1 is 1.52 bits per heavy atom. The Kier molecular flexibility index (Phi) is 7.04. The highest BCUT2D eigenvalue weighted by atomic mass is 127. The molecule has 0 aliphatic heterocycles.